The molecule has 0 radical (unpaired) electrons. The molecule has 12 nitrogen and oxygen atoms in total. The molecule has 1 amide bonds. The van der Waals surface area contributed by atoms with Crippen molar-refractivity contribution in [2.45, 2.75) is 34.7 Å². The van der Waals surface area contributed by atoms with Gasteiger partial charge in [-0.25, -0.2) is 34.7 Å². The van der Waals surface area contributed by atoms with Crippen molar-refractivity contribution >= 4 is 43.3 Å². The maximum Gasteiger partial charge on any atom is 0.332 e. The van der Waals surface area contributed by atoms with Crippen molar-refractivity contribution in [3.05, 3.63) is 144 Å². The number of carboxylic acids is 1. The second-order valence-electron chi connectivity index (χ2n) is 12.7. The molecule has 0 aliphatic carbocycles. The van der Waals surface area contributed by atoms with Crippen molar-refractivity contribution in [3.8, 4) is 11.5 Å². The number of methoxy groups -OCH3 is 2. The zero-order chi connectivity index (χ0) is 40.2. The van der Waals surface area contributed by atoms with Crippen LogP contribution < -0.4 is 18.1 Å². The number of hydrogen-bond acceptors (Lipinski definition) is 8. The fraction of sp³-hybridized carbons (Fsp3) is 0.200. The maximum absolute atomic E-state index is 15.7. The molecule has 1 N–H and O–H groups in total. The summed E-state index contributed by atoms with van der Waals surface area (Å²) in [4.78, 5) is 27.8. The Morgan fingerprint density at radius 1 is 0.768 bits per heavy atom. The summed E-state index contributed by atoms with van der Waals surface area (Å²) in [6, 6.07) is 23.6. The average Bonchev–Trinajstić information content (AvgIpc) is 3.70. The molecule has 1 aliphatic heterocycles. The number of nitrogens with zero attached hydrogens (tertiary/aromatic N) is 3. The van der Waals surface area contributed by atoms with Crippen molar-refractivity contribution in [2.75, 3.05) is 35.9 Å². The highest BCUT2D eigenvalue weighted by atomic mass is 32.2. The first kappa shape index (κ1) is 39.7. The van der Waals surface area contributed by atoms with Crippen LogP contribution in [0.4, 0.5) is 20.2 Å². The van der Waals surface area contributed by atoms with Gasteiger partial charge in [-0.3, -0.25) is 9.10 Å². The molecule has 5 aromatic rings. The predicted molar refractivity (Wildman–Crippen MR) is 203 cm³/mol. The molecular weight excluding hydrogens is 769 g/mol. The Kier molecular flexibility index (Phi) is 11.6. The summed E-state index contributed by atoms with van der Waals surface area (Å²) in [5, 5.41) is 10.9. The first-order valence-corrected chi connectivity index (χ1v) is 20.1. The Balaban J connectivity index is 1.54. The number of para-hydroxylation sites is 2. The SMILES string of the molecule is COc1ccc(S(=O)(=O)N(c2ccccc2F)C(C(=O)O)c2cc(OC)ccc2S(=O)(=O)N(CC(=O)N2CCCC2c2ccccc2)c2ccccc2F)cc1. The van der Waals surface area contributed by atoms with Gasteiger partial charge in [0.2, 0.25) is 5.91 Å². The van der Waals surface area contributed by atoms with Crippen LogP contribution in [0.3, 0.4) is 0 Å². The van der Waals surface area contributed by atoms with Crippen molar-refractivity contribution in [1.29, 1.82) is 0 Å². The molecule has 1 heterocycles. The zero-order valence-electron chi connectivity index (χ0n) is 30.2. The largest absolute Gasteiger partial charge is 0.497 e. The van der Waals surface area contributed by atoms with Gasteiger partial charge in [-0.1, -0.05) is 54.6 Å². The summed E-state index contributed by atoms with van der Waals surface area (Å²) >= 11 is 0. The molecule has 5 aromatic carbocycles. The number of carbonyl (C=O) groups is 2. The molecule has 2 unspecified atom stereocenters. The van der Waals surface area contributed by atoms with Crippen LogP contribution >= 0.6 is 0 Å². The lowest BCUT2D eigenvalue weighted by Gasteiger charge is -2.33. The number of carbonyl (C=O) groups excluding carboxylic acids is 1. The fourth-order valence-electron chi connectivity index (χ4n) is 6.73. The summed E-state index contributed by atoms with van der Waals surface area (Å²) in [5.41, 5.74) is -1.10. The molecule has 16 heteroatoms. The van der Waals surface area contributed by atoms with Crippen molar-refractivity contribution in [1.82, 2.24) is 4.90 Å². The minimum Gasteiger partial charge on any atom is -0.497 e. The summed E-state index contributed by atoms with van der Waals surface area (Å²) in [7, 11) is -7.63. The molecule has 0 saturated carbocycles. The quantitative estimate of drug-likeness (QED) is 0.132. The van der Waals surface area contributed by atoms with Gasteiger partial charge in [-0.15, -0.1) is 0 Å². The van der Waals surface area contributed by atoms with E-state index in [9.17, 15) is 23.1 Å². The van der Waals surface area contributed by atoms with Gasteiger partial charge in [0.1, 0.15) is 29.7 Å². The van der Waals surface area contributed by atoms with E-state index in [1.807, 2.05) is 30.3 Å². The number of hydrogen-bond donors (Lipinski definition) is 1. The first-order valence-electron chi connectivity index (χ1n) is 17.2. The second-order valence-corrected chi connectivity index (χ2v) is 16.3. The molecule has 292 valence electrons. The monoisotopic (exact) mass is 805 g/mol. The molecule has 56 heavy (non-hydrogen) atoms. The van der Waals surface area contributed by atoms with Crippen LogP contribution in [-0.4, -0.2) is 66.0 Å². The van der Waals surface area contributed by atoms with Gasteiger partial charge in [0.05, 0.1) is 41.4 Å². The average molecular weight is 806 g/mol. The number of benzene rings is 5. The highest BCUT2D eigenvalue weighted by Gasteiger charge is 2.44. The van der Waals surface area contributed by atoms with Gasteiger partial charge in [-0.05, 0) is 85.1 Å². The number of aliphatic carboxylic acids is 1. The van der Waals surface area contributed by atoms with E-state index in [2.05, 4.69) is 0 Å². The molecule has 1 aliphatic rings. The number of anilines is 2. The normalized spacial score (nSPS) is 14.9. The Bertz CT molecular complexity index is 2450. The number of ether oxygens (including phenoxy) is 2. The fourth-order valence-corrected chi connectivity index (χ4v) is 9.96. The minimum atomic E-state index is -5.17. The van der Waals surface area contributed by atoms with Crippen molar-refractivity contribution in [3.63, 3.8) is 0 Å². The number of likely N-dealkylation sites (tertiary alicyclic amines) is 1. The van der Waals surface area contributed by atoms with E-state index in [0.29, 0.717) is 23.7 Å². The van der Waals surface area contributed by atoms with Crippen LogP contribution in [0.25, 0.3) is 0 Å². The third kappa shape index (κ3) is 7.75. The standard InChI is InChI=1S/C40H37F2N3O9S2/c1-53-28-18-21-30(22-19-28)55(49,50)45(36-16-9-7-14-33(36)42)39(40(47)48)31-25-29(54-2)20-23-37(31)56(51,52)44(35-15-8-6-13-32(35)41)26-38(46)43-24-10-17-34(43)27-11-4-3-5-12-27/h3-9,11-16,18-23,25,34,39H,10,17,24,26H2,1-2H3,(H,47,48). The Labute approximate surface area is 323 Å². The molecule has 0 aromatic heterocycles. The lowest BCUT2D eigenvalue weighted by molar-refractivity contribution is -0.138. The van der Waals surface area contributed by atoms with Gasteiger partial charge < -0.3 is 19.5 Å². The van der Waals surface area contributed by atoms with E-state index in [-0.39, 0.29) is 21.8 Å². The van der Waals surface area contributed by atoms with Crippen molar-refractivity contribution < 1.29 is 49.8 Å². The Morgan fingerprint density at radius 2 is 1.34 bits per heavy atom. The summed E-state index contributed by atoms with van der Waals surface area (Å²) in [5.74, 6) is -4.53. The molecular formula is C40H37F2N3O9S2. The highest BCUT2D eigenvalue weighted by Crippen LogP contribution is 2.41. The minimum absolute atomic E-state index is 0.0863. The number of sulfonamides is 2. The third-order valence-electron chi connectivity index (χ3n) is 9.41. The van der Waals surface area contributed by atoms with E-state index < -0.39 is 82.9 Å². The van der Waals surface area contributed by atoms with Crippen LogP contribution in [0.5, 0.6) is 11.5 Å². The zero-order valence-corrected chi connectivity index (χ0v) is 31.8. The number of rotatable bonds is 14. The molecule has 2 atom stereocenters. The van der Waals surface area contributed by atoms with Gasteiger partial charge >= 0.3 is 5.97 Å². The summed E-state index contributed by atoms with van der Waals surface area (Å²) in [6.45, 7) is -0.615. The molecule has 1 saturated heterocycles. The van der Waals surface area contributed by atoms with Crippen LogP contribution in [0, 0.1) is 11.6 Å². The van der Waals surface area contributed by atoms with Gasteiger partial charge in [0.15, 0.2) is 6.04 Å². The highest BCUT2D eigenvalue weighted by molar-refractivity contribution is 7.93. The van der Waals surface area contributed by atoms with Crippen LogP contribution in [0.1, 0.15) is 36.1 Å². The van der Waals surface area contributed by atoms with Crippen molar-refractivity contribution in [2.24, 2.45) is 0 Å². The molecule has 1 fully saturated rings. The summed E-state index contributed by atoms with van der Waals surface area (Å²) < 4.78 is 102. The van der Waals surface area contributed by atoms with Gasteiger partial charge in [-0.2, -0.15) is 0 Å². The number of amides is 1. The molecule has 6 rings (SSSR count). The van der Waals surface area contributed by atoms with E-state index in [1.165, 1.54) is 61.6 Å². The van der Waals surface area contributed by atoms with Crippen LogP contribution in [0.2, 0.25) is 0 Å². The van der Waals surface area contributed by atoms with Crippen LogP contribution in [0.15, 0.2) is 131 Å². The number of halogens is 2. The number of carboxylic acid groups (broad SMARTS) is 1. The Morgan fingerprint density at radius 3 is 1.93 bits per heavy atom. The van der Waals surface area contributed by atoms with Crippen LogP contribution in [-0.2, 0) is 29.6 Å². The maximum atomic E-state index is 15.7. The van der Waals surface area contributed by atoms with E-state index in [0.717, 1.165) is 54.1 Å². The van der Waals surface area contributed by atoms with E-state index in [1.54, 1.807) is 0 Å². The smallest absolute Gasteiger partial charge is 0.332 e. The summed E-state index contributed by atoms with van der Waals surface area (Å²) in [6.07, 6.45) is 1.22. The lowest BCUT2D eigenvalue weighted by atomic mass is 10.0. The van der Waals surface area contributed by atoms with Gasteiger partial charge in [0, 0.05) is 12.1 Å². The third-order valence-corrected chi connectivity index (χ3v) is 13.0. The first-order chi connectivity index (χ1) is 26.8. The molecule has 0 spiro atoms. The topological polar surface area (TPSA) is 151 Å². The Hall–Kier alpha value is -6.00. The lowest BCUT2D eigenvalue weighted by Crippen LogP contribution is -2.44. The molecule has 0 bridgehead atoms. The van der Waals surface area contributed by atoms with E-state index in [4.69, 9.17) is 9.47 Å². The van der Waals surface area contributed by atoms with E-state index >= 15 is 17.2 Å². The predicted octanol–water partition coefficient (Wildman–Crippen LogP) is 6.56. The van der Waals surface area contributed by atoms with Gasteiger partial charge in [0.25, 0.3) is 20.0 Å². The second kappa shape index (κ2) is 16.4.